The van der Waals surface area contributed by atoms with Crippen molar-refractivity contribution in [3.8, 4) is 0 Å². The standard InChI is InChI=1S/C10H15BrN2O3S2/c1-7(6-17(2)14)13-18(15,16)10-5-8(11)3-4-9(10)12/h3-5,7,13H,6,12H2,1-2H3. The first-order valence-corrected chi connectivity index (χ1v) is 9.10. The van der Waals surface area contributed by atoms with Crippen LogP contribution in [0.15, 0.2) is 27.6 Å². The Morgan fingerprint density at radius 2 is 2.11 bits per heavy atom. The molecule has 18 heavy (non-hydrogen) atoms. The maximum atomic E-state index is 12.1. The molecule has 5 nitrogen and oxygen atoms in total. The molecule has 0 fully saturated rings. The van der Waals surface area contributed by atoms with E-state index in [9.17, 15) is 12.6 Å². The Bertz CT molecular complexity index is 560. The minimum Gasteiger partial charge on any atom is -0.398 e. The molecule has 102 valence electrons. The molecule has 0 heterocycles. The number of nitrogens with two attached hydrogens (primary N) is 1. The lowest BCUT2D eigenvalue weighted by Crippen LogP contribution is -2.36. The molecular formula is C10H15BrN2O3S2. The van der Waals surface area contributed by atoms with Crippen molar-refractivity contribution in [3.05, 3.63) is 22.7 Å². The van der Waals surface area contributed by atoms with E-state index in [0.29, 0.717) is 4.47 Å². The van der Waals surface area contributed by atoms with Gasteiger partial charge < -0.3 is 5.73 Å². The van der Waals surface area contributed by atoms with Crippen molar-refractivity contribution in [2.45, 2.75) is 17.9 Å². The van der Waals surface area contributed by atoms with E-state index in [0.717, 1.165) is 0 Å². The fourth-order valence-corrected chi connectivity index (χ4v) is 4.26. The van der Waals surface area contributed by atoms with E-state index in [4.69, 9.17) is 5.73 Å². The zero-order valence-electron chi connectivity index (χ0n) is 10.0. The number of halogens is 1. The predicted octanol–water partition coefficient (Wildman–Crippen LogP) is 1.08. The van der Waals surface area contributed by atoms with E-state index in [-0.39, 0.29) is 16.3 Å². The summed E-state index contributed by atoms with van der Waals surface area (Å²) in [6.07, 6.45) is 1.53. The van der Waals surface area contributed by atoms with Gasteiger partial charge in [-0.15, -0.1) is 0 Å². The van der Waals surface area contributed by atoms with E-state index in [1.807, 2.05) is 0 Å². The van der Waals surface area contributed by atoms with Gasteiger partial charge in [0.25, 0.3) is 0 Å². The topological polar surface area (TPSA) is 89.3 Å². The fraction of sp³-hybridized carbons (Fsp3) is 0.400. The third kappa shape index (κ3) is 4.34. The summed E-state index contributed by atoms with van der Waals surface area (Å²) in [7, 11) is -4.76. The molecule has 0 aromatic heterocycles. The Morgan fingerprint density at radius 1 is 1.50 bits per heavy atom. The first kappa shape index (κ1) is 15.6. The average molecular weight is 355 g/mol. The minimum atomic E-state index is -3.70. The van der Waals surface area contributed by atoms with E-state index in [1.165, 1.54) is 18.4 Å². The van der Waals surface area contributed by atoms with E-state index >= 15 is 0 Å². The highest BCUT2D eigenvalue weighted by molar-refractivity contribution is 9.10. The summed E-state index contributed by atoms with van der Waals surface area (Å²) in [5.41, 5.74) is 5.83. The van der Waals surface area contributed by atoms with E-state index in [1.54, 1.807) is 13.0 Å². The zero-order valence-corrected chi connectivity index (χ0v) is 13.2. The van der Waals surface area contributed by atoms with Crippen LogP contribution in [0.4, 0.5) is 5.69 Å². The summed E-state index contributed by atoms with van der Waals surface area (Å²) in [6.45, 7) is 1.66. The maximum absolute atomic E-state index is 12.1. The highest BCUT2D eigenvalue weighted by Gasteiger charge is 2.20. The lowest BCUT2D eigenvalue weighted by molar-refractivity contribution is 0.570. The summed E-state index contributed by atoms with van der Waals surface area (Å²) < 4.78 is 38.3. The highest BCUT2D eigenvalue weighted by atomic mass is 79.9. The van der Waals surface area contributed by atoms with Crippen molar-refractivity contribution < 1.29 is 12.6 Å². The molecule has 8 heteroatoms. The lowest BCUT2D eigenvalue weighted by Gasteiger charge is -2.14. The van der Waals surface area contributed by atoms with Crippen LogP contribution in [0.5, 0.6) is 0 Å². The molecule has 0 aliphatic rings. The number of rotatable bonds is 5. The Morgan fingerprint density at radius 3 is 2.67 bits per heavy atom. The molecule has 0 amide bonds. The van der Waals surface area contributed by atoms with Gasteiger partial charge in [-0.2, -0.15) is 0 Å². The van der Waals surface area contributed by atoms with Crippen molar-refractivity contribution in [2.75, 3.05) is 17.7 Å². The molecule has 1 aromatic rings. The summed E-state index contributed by atoms with van der Waals surface area (Å²) in [4.78, 5) is 0.0191. The largest absolute Gasteiger partial charge is 0.398 e. The van der Waals surface area contributed by atoms with Gasteiger partial charge in [0.05, 0.1) is 5.69 Å². The van der Waals surface area contributed by atoms with Crippen LogP contribution in [-0.2, 0) is 20.8 Å². The second-order valence-corrected chi connectivity index (χ2v) is 8.02. The number of hydrogen-bond donors (Lipinski definition) is 2. The van der Waals surface area contributed by atoms with Crippen molar-refractivity contribution in [1.82, 2.24) is 4.72 Å². The molecule has 0 saturated heterocycles. The third-order valence-electron chi connectivity index (χ3n) is 2.11. The first-order chi connectivity index (χ1) is 8.22. The molecule has 1 aromatic carbocycles. The first-order valence-electron chi connectivity index (χ1n) is 5.10. The third-order valence-corrected chi connectivity index (χ3v) is 5.21. The number of nitrogens with one attached hydrogen (secondary N) is 1. The maximum Gasteiger partial charge on any atom is 0.242 e. The molecule has 0 aliphatic carbocycles. The van der Waals surface area contributed by atoms with Crippen LogP contribution in [0.3, 0.4) is 0 Å². The Balaban J connectivity index is 2.99. The molecule has 2 atom stereocenters. The van der Waals surface area contributed by atoms with Crippen molar-refractivity contribution in [1.29, 1.82) is 0 Å². The van der Waals surface area contributed by atoms with Crippen molar-refractivity contribution in [3.63, 3.8) is 0 Å². The molecule has 0 saturated carbocycles. The molecule has 1 rings (SSSR count). The van der Waals surface area contributed by atoms with Crippen molar-refractivity contribution in [2.24, 2.45) is 0 Å². The van der Waals surface area contributed by atoms with Crippen LogP contribution in [0, 0.1) is 0 Å². The van der Waals surface area contributed by atoms with Gasteiger partial charge >= 0.3 is 0 Å². The molecule has 3 N–H and O–H groups in total. The number of nitrogen functional groups attached to an aromatic ring is 1. The minimum absolute atomic E-state index is 0.0191. The van der Waals surface area contributed by atoms with Gasteiger partial charge in [-0.05, 0) is 25.1 Å². The number of hydrogen-bond acceptors (Lipinski definition) is 4. The molecule has 0 radical (unpaired) electrons. The molecule has 2 unspecified atom stereocenters. The summed E-state index contributed by atoms with van der Waals surface area (Å²) >= 11 is 3.20. The van der Waals surface area contributed by atoms with E-state index in [2.05, 4.69) is 20.7 Å². The number of anilines is 1. The van der Waals surface area contributed by atoms with Crippen LogP contribution in [0.2, 0.25) is 0 Å². The lowest BCUT2D eigenvalue weighted by atomic mass is 10.3. The van der Waals surface area contributed by atoms with Gasteiger partial charge in [-0.1, -0.05) is 15.9 Å². The van der Waals surface area contributed by atoms with Crippen LogP contribution < -0.4 is 10.5 Å². The fourth-order valence-electron chi connectivity index (χ4n) is 1.46. The zero-order chi connectivity index (χ0) is 13.9. The highest BCUT2D eigenvalue weighted by Crippen LogP contribution is 2.23. The summed E-state index contributed by atoms with van der Waals surface area (Å²) in [5.74, 6) is 0.257. The van der Waals surface area contributed by atoms with Gasteiger partial charge in [-0.3, -0.25) is 4.21 Å². The number of sulfonamides is 1. The molecular weight excluding hydrogens is 340 g/mol. The normalized spacial score (nSPS) is 15.3. The van der Waals surface area contributed by atoms with Crippen LogP contribution >= 0.6 is 15.9 Å². The van der Waals surface area contributed by atoms with Gasteiger partial charge in [0, 0.05) is 33.3 Å². The van der Waals surface area contributed by atoms with Crippen LogP contribution in [0.1, 0.15) is 6.92 Å². The average Bonchev–Trinajstić information content (AvgIpc) is 2.19. The summed E-state index contributed by atoms with van der Waals surface area (Å²) in [6, 6.07) is 4.20. The van der Waals surface area contributed by atoms with Gasteiger partial charge in [0.1, 0.15) is 4.90 Å². The molecule has 0 aliphatic heterocycles. The smallest absolute Gasteiger partial charge is 0.242 e. The van der Waals surface area contributed by atoms with Crippen molar-refractivity contribution >= 4 is 42.4 Å². The van der Waals surface area contributed by atoms with Crippen LogP contribution in [-0.4, -0.2) is 30.7 Å². The quantitative estimate of drug-likeness (QED) is 0.774. The van der Waals surface area contributed by atoms with Gasteiger partial charge in [-0.25, -0.2) is 13.1 Å². The SMILES string of the molecule is CC(CS(C)=O)NS(=O)(=O)c1cc(Br)ccc1N. The Kier molecular flexibility index (Phi) is 5.32. The number of benzene rings is 1. The Labute approximate surface area is 118 Å². The summed E-state index contributed by atoms with van der Waals surface area (Å²) in [5, 5.41) is 0. The van der Waals surface area contributed by atoms with E-state index < -0.39 is 26.9 Å². The second kappa shape index (κ2) is 6.14. The van der Waals surface area contributed by atoms with Gasteiger partial charge in [0.2, 0.25) is 10.0 Å². The predicted molar refractivity (Wildman–Crippen MR) is 77.3 cm³/mol. The second-order valence-electron chi connectivity index (χ2n) is 3.94. The van der Waals surface area contributed by atoms with Crippen LogP contribution in [0.25, 0.3) is 0 Å². The molecule has 0 bridgehead atoms. The Hall–Kier alpha value is -0.440. The van der Waals surface area contributed by atoms with Gasteiger partial charge in [0.15, 0.2) is 0 Å². The molecule has 0 spiro atoms. The monoisotopic (exact) mass is 354 g/mol.